The smallest absolute Gasteiger partial charge is 0.404 e. The molecule has 0 aliphatic heterocycles. The zero-order valence-corrected chi connectivity index (χ0v) is 20.8. The molecular formula is C28H47NO2. The lowest BCUT2D eigenvalue weighted by molar-refractivity contribution is -0.0578. The zero-order valence-electron chi connectivity index (χ0n) is 20.8. The molecule has 0 heterocycles. The van der Waals surface area contributed by atoms with Gasteiger partial charge in [0.15, 0.2) is 0 Å². The standard InChI is InChI=1S/C28H47NO2/c1-18(2)7-6-8-19(3)23-11-12-24-22-10-9-20-17-21(31-26(29)30)13-15-27(20,4)25(22)14-16-28(23,24)5/h9,18-19,21-25H,6-8,10-17H2,1-5H3,(H2,29,30)/t19-,21+,22+,23-,24+,25+,27+,28-/m1/s1. The highest BCUT2D eigenvalue weighted by atomic mass is 16.6. The number of allylic oxidation sites excluding steroid dienone is 1. The Bertz CT molecular complexity index is 699. The summed E-state index contributed by atoms with van der Waals surface area (Å²) in [6.45, 7) is 12.5. The zero-order chi connectivity index (χ0) is 22.4. The molecule has 0 aromatic carbocycles. The molecule has 1 amide bonds. The third-order valence-corrected chi connectivity index (χ3v) is 10.5. The lowest BCUT2D eigenvalue weighted by Crippen LogP contribution is -2.51. The van der Waals surface area contributed by atoms with Crippen molar-refractivity contribution < 1.29 is 9.53 Å². The number of primary amides is 1. The van der Waals surface area contributed by atoms with E-state index in [0.29, 0.717) is 10.8 Å². The Morgan fingerprint density at radius 3 is 2.58 bits per heavy atom. The van der Waals surface area contributed by atoms with Crippen LogP contribution in [0.1, 0.15) is 105 Å². The number of ether oxygens (including phenoxy) is 1. The molecule has 3 fully saturated rings. The SMILES string of the molecule is CC(C)CCC[C@@H](C)[C@H]1CC[C@H]2[C@@H]3CC=C4C[C@@H](OC(N)=O)CC[C@]4(C)[C@H]3CC[C@]12C. The fourth-order valence-electron chi connectivity index (χ4n) is 8.92. The number of hydrogen-bond acceptors (Lipinski definition) is 2. The highest BCUT2D eigenvalue weighted by Crippen LogP contribution is 2.67. The third-order valence-electron chi connectivity index (χ3n) is 10.5. The van der Waals surface area contributed by atoms with Gasteiger partial charge < -0.3 is 10.5 Å². The van der Waals surface area contributed by atoms with Gasteiger partial charge in [0.1, 0.15) is 6.10 Å². The van der Waals surface area contributed by atoms with E-state index >= 15 is 0 Å². The lowest BCUT2D eigenvalue weighted by atomic mass is 9.47. The Kier molecular flexibility index (Phi) is 6.54. The molecule has 0 unspecified atom stereocenters. The van der Waals surface area contributed by atoms with E-state index in [2.05, 4.69) is 40.7 Å². The number of hydrogen-bond donors (Lipinski definition) is 1. The van der Waals surface area contributed by atoms with E-state index in [9.17, 15) is 4.79 Å². The summed E-state index contributed by atoms with van der Waals surface area (Å²) in [5, 5.41) is 0. The van der Waals surface area contributed by atoms with E-state index in [1.165, 1.54) is 51.4 Å². The van der Waals surface area contributed by atoms with Crippen LogP contribution in [0.15, 0.2) is 11.6 Å². The maximum Gasteiger partial charge on any atom is 0.404 e. The molecule has 31 heavy (non-hydrogen) atoms. The summed E-state index contributed by atoms with van der Waals surface area (Å²) in [5.74, 6) is 5.20. The molecule has 4 aliphatic carbocycles. The van der Waals surface area contributed by atoms with Crippen molar-refractivity contribution in [3.05, 3.63) is 11.6 Å². The van der Waals surface area contributed by atoms with E-state index in [1.54, 1.807) is 5.57 Å². The van der Waals surface area contributed by atoms with Crippen LogP contribution in [0.2, 0.25) is 0 Å². The molecule has 8 atom stereocenters. The van der Waals surface area contributed by atoms with Crippen LogP contribution in [0.4, 0.5) is 4.79 Å². The van der Waals surface area contributed by atoms with E-state index in [1.807, 2.05) is 0 Å². The topological polar surface area (TPSA) is 52.3 Å². The minimum Gasteiger partial charge on any atom is -0.446 e. The number of carbonyl (C=O) groups is 1. The van der Waals surface area contributed by atoms with Crippen molar-refractivity contribution in [1.29, 1.82) is 0 Å². The van der Waals surface area contributed by atoms with Gasteiger partial charge in [-0.15, -0.1) is 0 Å². The Labute approximate surface area is 190 Å². The van der Waals surface area contributed by atoms with Crippen molar-refractivity contribution in [2.24, 2.45) is 52.1 Å². The van der Waals surface area contributed by atoms with Crippen molar-refractivity contribution in [3.8, 4) is 0 Å². The Morgan fingerprint density at radius 2 is 1.87 bits per heavy atom. The molecular weight excluding hydrogens is 382 g/mol. The molecule has 176 valence electrons. The van der Waals surface area contributed by atoms with Gasteiger partial charge >= 0.3 is 6.09 Å². The summed E-state index contributed by atoms with van der Waals surface area (Å²) in [6, 6.07) is 0. The van der Waals surface area contributed by atoms with Gasteiger partial charge in [-0.05, 0) is 91.3 Å². The van der Waals surface area contributed by atoms with Crippen LogP contribution in [0.5, 0.6) is 0 Å². The first kappa shape index (κ1) is 23.2. The lowest BCUT2D eigenvalue weighted by Gasteiger charge is -2.58. The molecule has 0 aromatic heterocycles. The van der Waals surface area contributed by atoms with Gasteiger partial charge in [0.05, 0.1) is 0 Å². The molecule has 0 bridgehead atoms. The van der Waals surface area contributed by atoms with E-state index in [0.717, 1.165) is 54.8 Å². The molecule has 0 radical (unpaired) electrons. The summed E-state index contributed by atoms with van der Waals surface area (Å²) in [4.78, 5) is 11.3. The number of nitrogens with two attached hydrogens (primary N) is 1. The van der Waals surface area contributed by atoms with E-state index in [4.69, 9.17) is 10.5 Å². The maximum absolute atomic E-state index is 11.3. The summed E-state index contributed by atoms with van der Waals surface area (Å²) in [7, 11) is 0. The van der Waals surface area contributed by atoms with Gasteiger partial charge in [0.25, 0.3) is 0 Å². The predicted octanol–water partition coefficient (Wildman–Crippen LogP) is 7.49. The molecule has 3 heteroatoms. The average Bonchev–Trinajstić information content (AvgIpc) is 3.05. The number of amides is 1. The van der Waals surface area contributed by atoms with Crippen LogP contribution < -0.4 is 5.73 Å². The van der Waals surface area contributed by atoms with E-state index < -0.39 is 6.09 Å². The molecule has 3 nitrogen and oxygen atoms in total. The fourth-order valence-corrected chi connectivity index (χ4v) is 8.92. The largest absolute Gasteiger partial charge is 0.446 e. The van der Waals surface area contributed by atoms with Crippen molar-refractivity contribution in [3.63, 3.8) is 0 Å². The third kappa shape index (κ3) is 4.20. The monoisotopic (exact) mass is 429 g/mol. The summed E-state index contributed by atoms with van der Waals surface area (Å²) in [5.41, 5.74) is 7.72. The van der Waals surface area contributed by atoms with Crippen LogP contribution in [-0.4, -0.2) is 12.2 Å². The average molecular weight is 430 g/mol. The molecule has 4 rings (SSSR count). The Hall–Kier alpha value is -0.990. The second-order valence-electron chi connectivity index (χ2n) is 12.6. The first-order valence-electron chi connectivity index (χ1n) is 13.3. The molecule has 0 saturated heterocycles. The molecule has 4 aliphatic rings. The van der Waals surface area contributed by atoms with Crippen LogP contribution in [-0.2, 0) is 4.74 Å². The van der Waals surface area contributed by atoms with Gasteiger partial charge in [-0.1, -0.05) is 65.5 Å². The normalized spacial score (nSPS) is 42.9. The highest BCUT2D eigenvalue weighted by Gasteiger charge is 2.59. The van der Waals surface area contributed by atoms with Gasteiger partial charge in [0, 0.05) is 6.42 Å². The van der Waals surface area contributed by atoms with Crippen LogP contribution >= 0.6 is 0 Å². The van der Waals surface area contributed by atoms with Crippen LogP contribution in [0, 0.1) is 46.3 Å². The minimum absolute atomic E-state index is 0.00946. The Morgan fingerprint density at radius 1 is 1.10 bits per heavy atom. The summed E-state index contributed by atoms with van der Waals surface area (Å²) < 4.78 is 5.39. The van der Waals surface area contributed by atoms with Crippen molar-refractivity contribution >= 4 is 6.09 Å². The first-order chi connectivity index (χ1) is 14.6. The maximum atomic E-state index is 11.3. The second kappa shape index (κ2) is 8.75. The van der Waals surface area contributed by atoms with Gasteiger partial charge in [-0.25, -0.2) is 4.79 Å². The van der Waals surface area contributed by atoms with Crippen LogP contribution in [0.25, 0.3) is 0 Å². The molecule has 2 N–H and O–H groups in total. The highest BCUT2D eigenvalue weighted by molar-refractivity contribution is 5.64. The van der Waals surface area contributed by atoms with Crippen molar-refractivity contribution in [1.82, 2.24) is 0 Å². The Balaban J connectivity index is 1.47. The van der Waals surface area contributed by atoms with Gasteiger partial charge in [-0.3, -0.25) is 0 Å². The van der Waals surface area contributed by atoms with Crippen molar-refractivity contribution in [2.45, 2.75) is 111 Å². The number of carbonyl (C=O) groups excluding carboxylic acids is 1. The van der Waals surface area contributed by atoms with Crippen molar-refractivity contribution in [2.75, 3.05) is 0 Å². The minimum atomic E-state index is -0.615. The predicted molar refractivity (Wildman–Crippen MR) is 128 cm³/mol. The second-order valence-corrected chi connectivity index (χ2v) is 12.6. The van der Waals surface area contributed by atoms with Gasteiger partial charge in [-0.2, -0.15) is 0 Å². The fraction of sp³-hybridized carbons (Fsp3) is 0.893. The van der Waals surface area contributed by atoms with Crippen LogP contribution in [0.3, 0.4) is 0 Å². The molecule has 0 spiro atoms. The van der Waals surface area contributed by atoms with E-state index in [-0.39, 0.29) is 6.10 Å². The molecule has 0 aromatic rings. The number of fused-ring (bicyclic) bond motifs is 5. The first-order valence-corrected chi connectivity index (χ1v) is 13.3. The number of rotatable bonds is 6. The van der Waals surface area contributed by atoms with Gasteiger partial charge in [0.2, 0.25) is 0 Å². The molecule has 3 saturated carbocycles. The summed E-state index contributed by atoms with van der Waals surface area (Å²) in [6.07, 6.45) is 16.1. The quantitative estimate of drug-likeness (QED) is 0.445. The summed E-state index contributed by atoms with van der Waals surface area (Å²) >= 11 is 0.